The van der Waals surface area contributed by atoms with E-state index in [9.17, 15) is 15.0 Å². The first-order valence-corrected chi connectivity index (χ1v) is 11.4. The molecule has 30 heavy (non-hydrogen) atoms. The average Bonchev–Trinajstić information content (AvgIpc) is 2.63. The maximum atomic E-state index is 12.5. The lowest BCUT2D eigenvalue weighted by molar-refractivity contribution is -0.191. The molecule has 6 atom stereocenters. The van der Waals surface area contributed by atoms with E-state index in [1.54, 1.807) is 6.07 Å². The number of ether oxygens (including phenoxy) is 2. The van der Waals surface area contributed by atoms with E-state index in [-0.39, 0.29) is 34.4 Å². The third-order valence-electron chi connectivity index (χ3n) is 9.21. The number of hydrogen-bond donors (Lipinski definition) is 2. The lowest BCUT2D eigenvalue weighted by Gasteiger charge is -2.64. The monoisotopic (exact) mass is 414 g/mol. The van der Waals surface area contributed by atoms with Gasteiger partial charge in [-0.05, 0) is 73.8 Å². The van der Waals surface area contributed by atoms with Crippen molar-refractivity contribution in [3.63, 3.8) is 0 Å². The van der Waals surface area contributed by atoms with Gasteiger partial charge in [-0.1, -0.05) is 20.8 Å². The second-order valence-electron chi connectivity index (χ2n) is 11.3. The molecular weight excluding hydrogens is 380 g/mol. The number of benzene rings is 1. The molecule has 4 aliphatic rings. The van der Waals surface area contributed by atoms with Crippen molar-refractivity contribution in [1.82, 2.24) is 0 Å². The first-order valence-electron chi connectivity index (χ1n) is 11.4. The van der Waals surface area contributed by atoms with Gasteiger partial charge in [-0.2, -0.15) is 0 Å². The van der Waals surface area contributed by atoms with Crippen molar-refractivity contribution in [2.45, 2.75) is 91.0 Å². The van der Waals surface area contributed by atoms with Crippen molar-refractivity contribution in [3.05, 3.63) is 22.8 Å². The molecule has 1 aromatic rings. The van der Waals surface area contributed by atoms with Crippen LogP contribution < -0.4 is 4.74 Å². The molecule has 1 unspecified atom stereocenters. The molecule has 0 radical (unpaired) electrons. The number of cyclic esters (lactones) is 1. The molecule has 0 saturated heterocycles. The molecule has 0 amide bonds. The highest BCUT2D eigenvalue weighted by Crippen LogP contribution is 2.65. The maximum Gasteiger partial charge on any atom is 0.342 e. The Morgan fingerprint density at radius 3 is 2.50 bits per heavy atom. The summed E-state index contributed by atoms with van der Waals surface area (Å²) in [5.74, 6) is 0.972. The summed E-state index contributed by atoms with van der Waals surface area (Å²) in [6, 6.07) is 1.62. The molecule has 0 bridgehead atoms. The van der Waals surface area contributed by atoms with Crippen molar-refractivity contribution in [1.29, 1.82) is 0 Å². The summed E-state index contributed by atoms with van der Waals surface area (Å²) in [5.41, 5.74) is 1.91. The summed E-state index contributed by atoms with van der Waals surface area (Å²) < 4.78 is 12.1. The van der Waals surface area contributed by atoms with Crippen molar-refractivity contribution in [2.75, 3.05) is 0 Å². The first kappa shape index (κ1) is 20.2. The Morgan fingerprint density at radius 2 is 1.77 bits per heavy atom. The zero-order valence-electron chi connectivity index (χ0n) is 18.7. The Labute approximate surface area is 178 Å². The maximum absolute atomic E-state index is 12.5. The van der Waals surface area contributed by atoms with Gasteiger partial charge >= 0.3 is 5.97 Å². The fraction of sp³-hybridized carbons (Fsp3) is 0.720. The molecule has 2 fully saturated rings. The van der Waals surface area contributed by atoms with Gasteiger partial charge < -0.3 is 19.7 Å². The van der Waals surface area contributed by atoms with Crippen LogP contribution in [0.1, 0.15) is 81.8 Å². The molecule has 2 heterocycles. The summed E-state index contributed by atoms with van der Waals surface area (Å²) in [4.78, 5) is 12.5. The highest BCUT2D eigenvalue weighted by Gasteiger charge is 2.62. The molecule has 5 rings (SSSR count). The van der Waals surface area contributed by atoms with Gasteiger partial charge in [-0.25, -0.2) is 4.79 Å². The lowest BCUT2D eigenvalue weighted by Crippen LogP contribution is -2.63. The van der Waals surface area contributed by atoms with Crippen molar-refractivity contribution in [3.8, 4) is 11.5 Å². The van der Waals surface area contributed by atoms with E-state index in [4.69, 9.17) is 9.47 Å². The van der Waals surface area contributed by atoms with Crippen LogP contribution in [-0.2, 0) is 17.6 Å². The van der Waals surface area contributed by atoms with Crippen molar-refractivity contribution < 1.29 is 24.5 Å². The highest BCUT2D eigenvalue weighted by atomic mass is 16.5. The topological polar surface area (TPSA) is 76.0 Å². The number of hydrogen-bond acceptors (Lipinski definition) is 5. The second-order valence-corrected chi connectivity index (χ2v) is 11.3. The molecule has 2 saturated carbocycles. The molecular formula is C25H34O5. The van der Waals surface area contributed by atoms with E-state index in [1.807, 2.05) is 6.92 Å². The number of esters is 1. The largest absolute Gasteiger partial charge is 0.507 e. The van der Waals surface area contributed by atoms with Crippen LogP contribution in [0.4, 0.5) is 0 Å². The van der Waals surface area contributed by atoms with Crippen LogP contribution in [-0.4, -0.2) is 34.0 Å². The van der Waals surface area contributed by atoms with Crippen LogP contribution in [0.3, 0.4) is 0 Å². The van der Waals surface area contributed by atoms with Gasteiger partial charge in [-0.15, -0.1) is 0 Å². The summed E-state index contributed by atoms with van der Waals surface area (Å²) in [6.45, 7) is 10.9. The second kappa shape index (κ2) is 6.15. The number of carbonyl (C=O) groups is 1. The Bertz CT molecular complexity index is 921. The Balaban J connectivity index is 1.63. The normalized spacial score (nSPS) is 41.5. The minimum atomic E-state index is -0.438. The molecule has 0 aromatic heterocycles. The minimum Gasteiger partial charge on any atom is -0.507 e. The van der Waals surface area contributed by atoms with E-state index in [0.29, 0.717) is 23.8 Å². The Kier molecular flexibility index (Phi) is 4.14. The van der Waals surface area contributed by atoms with Crippen molar-refractivity contribution in [2.24, 2.45) is 22.7 Å². The average molecular weight is 415 g/mol. The van der Waals surface area contributed by atoms with Gasteiger partial charge in [0.2, 0.25) is 0 Å². The van der Waals surface area contributed by atoms with Crippen LogP contribution >= 0.6 is 0 Å². The molecule has 5 nitrogen and oxygen atoms in total. The van der Waals surface area contributed by atoms with Crippen LogP contribution in [0.25, 0.3) is 0 Å². The lowest BCUT2D eigenvalue weighted by atomic mass is 9.44. The quantitative estimate of drug-likeness (QED) is 0.616. The van der Waals surface area contributed by atoms with Crippen LogP contribution in [0.15, 0.2) is 6.07 Å². The van der Waals surface area contributed by atoms with Crippen LogP contribution in [0, 0.1) is 22.7 Å². The molecule has 0 spiro atoms. The zero-order valence-corrected chi connectivity index (χ0v) is 18.7. The Hall–Kier alpha value is -1.75. The van der Waals surface area contributed by atoms with E-state index in [2.05, 4.69) is 27.7 Å². The third kappa shape index (κ3) is 2.54. The predicted octanol–water partition coefficient (Wildman–Crippen LogP) is 4.40. The molecule has 2 aliphatic carbocycles. The molecule has 5 heteroatoms. The van der Waals surface area contributed by atoms with Gasteiger partial charge in [-0.3, -0.25) is 0 Å². The fourth-order valence-corrected chi connectivity index (χ4v) is 7.60. The minimum absolute atomic E-state index is 0.0375. The number of fused-ring (bicyclic) bond motifs is 6. The summed E-state index contributed by atoms with van der Waals surface area (Å²) in [5, 5.41) is 21.3. The zero-order chi connectivity index (χ0) is 21.6. The molecule has 164 valence electrons. The fourth-order valence-electron chi connectivity index (χ4n) is 7.60. The van der Waals surface area contributed by atoms with E-state index < -0.39 is 5.97 Å². The van der Waals surface area contributed by atoms with Gasteiger partial charge in [0.15, 0.2) is 0 Å². The third-order valence-corrected chi connectivity index (χ3v) is 9.21. The first-order chi connectivity index (χ1) is 14.0. The summed E-state index contributed by atoms with van der Waals surface area (Å²) in [6.07, 6.45) is 4.74. The number of aromatic hydroxyl groups is 1. The van der Waals surface area contributed by atoms with Crippen LogP contribution in [0.5, 0.6) is 11.5 Å². The summed E-state index contributed by atoms with van der Waals surface area (Å²) >= 11 is 0. The van der Waals surface area contributed by atoms with Gasteiger partial charge in [0, 0.05) is 18.4 Å². The Morgan fingerprint density at radius 1 is 1.03 bits per heavy atom. The van der Waals surface area contributed by atoms with E-state index in [1.165, 1.54) is 0 Å². The SMILES string of the molecule is C[C@H]1Cc2c3c(cc(O)c2C(=O)O1)O[C@@]1(C)CC[C@H]2C(C)(C)C(O)CC[C@]2(C)[C@H]1C3. The molecule has 2 N–H and O–H groups in total. The smallest absolute Gasteiger partial charge is 0.342 e. The standard InChI is InChI=1S/C25H34O5/c1-13-10-15-14-11-19-24(4)8-7-20(27)23(2,3)18(24)6-9-25(19,5)30-17(14)12-16(26)21(15)22(28)29-13/h12-13,18-20,26-27H,6-11H2,1-5H3/t13-,18-,19+,20?,24-,25-/m0/s1. The van der Waals surface area contributed by atoms with E-state index in [0.717, 1.165) is 49.0 Å². The number of rotatable bonds is 0. The molecule has 1 aromatic carbocycles. The molecule has 2 aliphatic heterocycles. The van der Waals surface area contributed by atoms with Crippen LogP contribution in [0.2, 0.25) is 0 Å². The number of carbonyl (C=O) groups excluding carboxylic acids is 1. The van der Waals surface area contributed by atoms with E-state index >= 15 is 0 Å². The van der Waals surface area contributed by atoms with Gasteiger partial charge in [0.25, 0.3) is 0 Å². The number of aliphatic hydroxyl groups excluding tert-OH is 1. The highest BCUT2D eigenvalue weighted by molar-refractivity contribution is 5.96. The number of aliphatic hydroxyl groups is 1. The summed E-state index contributed by atoms with van der Waals surface area (Å²) in [7, 11) is 0. The van der Waals surface area contributed by atoms with Gasteiger partial charge in [0.05, 0.1) is 6.10 Å². The predicted molar refractivity (Wildman–Crippen MR) is 113 cm³/mol. The number of phenolic OH excluding ortho intramolecular Hbond substituents is 1. The van der Waals surface area contributed by atoms with Crippen molar-refractivity contribution >= 4 is 5.97 Å². The number of phenols is 1. The van der Waals surface area contributed by atoms with Gasteiger partial charge in [0.1, 0.15) is 28.8 Å².